The minimum Gasteiger partial charge on any atom is -0.506 e. The normalized spacial score (nSPS) is 11.1. The molecule has 0 unspecified atom stereocenters. The molecule has 7 heteroatoms. The van der Waals surface area contributed by atoms with Crippen molar-refractivity contribution in [2.75, 3.05) is 11.9 Å². The molecular formula is C15H16N2O4S. The summed E-state index contributed by atoms with van der Waals surface area (Å²) in [5.41, 5.74) is 0.290. The number of anilines is 1. The van der Waals surface area contributed by atoms with E-state index >= 15 is 0 Å². The minimum absolute atomic E-state index is 0.0311. The summed E-state index contributed by atoms with van der Waals surface area (Å²) < 4.78 is 26.2. The van der Waals surface area contributed by atoms with Crippen LogP contribution in [0.2, 0.25) is 0 Å². The number of rotatable bonds is 6. The van der Waals surface area contributed by atoms with E-state index in [1.165, 1.54) is 18.2 Å². The quantitative estimate of drug-likeness (QED) is 0.706. The molecule has 0 aromatic heterocycles. The first-order chi connectivity index (χ1) is 10.5. The molecule has 0 fully saturated rings. The average Bonchev–Trinajstić information content (AvgIpc) is 2.50. The van der Waals surface area contributed by atoms with Crippen LogP contribution in [0.4, 0.5) is 5.69 Å². The van der Waals surface area contributed by atoms with Gasteiger partial charge in [-0.25, -0.2) is 13.1 Å². The molecule has 116 valence electrons. The second kappa shape index (κ2) is 7.06. The van der Waals surface area contributed by atoms with Crippen LogP contribution in [0.5, 0.6) is 5.75 Å². The molecule has 0 saturated carbocycles. The second-order valence-electron chi connectivity index (χ2n) is 4.53. The first kappa shape index (κ1) is 16.0. The fourth-order valence-corrected chi connectivity index (χ4v) is 2.83. The molecule has 0 saturated heterocycles. The number of hydrogen-bond donors (Lipinski definition) is 3. The van der Waals surface area contributed by atoms with E-state index in [1.807, 2.05) is 0 Å². The van der Waals surface area contributed by atoms with E-state index in [0.717, 1.165) is 0 Å². The third kappa shape index (κ3) is 4.31. The first-order valence-corrected chi connectivity index (χ1v) is 8.10. The molecule has 0 aliphatic carbocycles. The molecule has 0 bridgehead atoms. The summed E-state index contributed by atoms with van der Waals surface area (Å²) in [6, 6.07) is 14.2. The second-order valence-corrected chi connectivity index (χ2v) is 6.29. The van der Waals surface area contributed by atoms with Crippen molar-refractivity contribution in [1.29, 1.82) is 0 Å². The van der Waals surface area contributed by atoms with Crippen LogP contribution in [0.25, 0.3) is 0 Å². The standard InChI is InChI=1S/C15H16N2O4S/c18-14-9-5-4-8-13(14)17-15(19)10-11-16-22(20,21)12-6-2-1-3-7-12/h1-9,16,18H,10-11H2,(H,17,19). The molecule has 2 aromatic carbocycles. The van der Waals surface area contributed by atoms with Gasteiger partial charge in [0.2, 0.25) is 15.9 Å². The van der Waals surface area contributed by atoms with Crippen molar-refractivity contribution in [3.8, 4) is 5.75 Å². The third-order valence-corrected chi connectivity index (χ3v) is 4.35. The Balaban J connectivity index is 1.86. The molecule has 1 amide bonds. The van der Waals surface area contributed by atoms with Gasteiger partial charge in [0.1, 0.15) is 5.75 Å². The maximum atomic E-state index is 11.9. The number of sulfonamides is 1. The van der Waals surface area contributed by atoms with Gasteiger partial charge in [-0.05, 0) is 24.3 Å². The lowest BCUT2D eigenvalue weighted by molar-refractivity contribution is -0.116. The summed E-state index contributed by atoms with van der Waals surface area (Å²) in [6.45, 7) is -0.0311. The van der Waals surface area contributed by atoms with Crippen LogP contribution in [0.1, 0.15) is 6.42 Å². The number of phenolic OH excluding ortho intramolecular Hbond substituents is 1. The van der Waals surface area contributed by atoms with Crippen LogP contribution in [-0.4, -0.2) is 26.0 Å². The Morgan fingerprint density at radius 1 is 1.00 bits per heavy atom. The largest absolute Gasteiger partial charge is 0.506 e. The van der Waals surface area contributed by atoms with E-state index in [-0.39, 0.29) is 23.6 Å². The van der Waals surface area contributed by atoms with Gasteiger partial charge < -0.3 is 10.4 Å². The Morgan fingerprint density at radius 2 is 1.64 bits per heavy atom. The number of amides is 1. The SMILES string of the molecule is O=C(CCNS(=O)(=O)c1ccccc1)Nc1ccccc1O. The lowest BCUT2D eigenvalue weighted by Gasteiger charge is -2.08. The lowest BCUT2D eigenvalue weighted by atomic mass is 10.3. The number of aromatic hydroxyl groups is 1. The Bertz CT molecular complexity index is 745. The highest BCUT2D eigenvalue weighted by Crippen LogP contribution is 2.21. The van der Waals surface area contributed by atoms with Crippen LogP contribution < -0.4 is 10.0 Å². The van der Waals surface area contributed by atoms with Gasteiger partial charge in [0.25, 0.3) is 0 Å². The van der Waals surface area contributed by atoms with Crippen LogP contribution >= 0.6 is 0 Å². The predicted octanol–water partition coefficient (Wildman–Crippen LogP) is 1.70. The molecule has 0 heterocycles. The fourth-order valence-electron chi connectivity index (χ4n) is 1.77. The molecule has 0 radical (unpaired) electrons. The maximum Gasteiger partial charge on any atom is 0.240 e. The van der Waals surface area contributed by atoms with Crippen LogP contribution in [0, 0.1) is 0 Å². The fraction of sp³-hybridized carbons (Fsp3) is 0.133. The van der Waals surface area contributed by atoms with Gasteiger partial charge >= 0.3 is 0 Å². The highest BCUT2D eigenvalue weighted by atomic mass is 32.2. The Labute approximate surface area is 128 Å². The molecule has 0 aliphatic rings. The monoisotopic (exact) mass is 320 g/mol. The Hall–Kier alpha value is -2.38. The number of benzene rings is 2. The highest BCUT2D eigenvalue weighted by Gasteiger charge is 2.13. The highest BCUT2D eigenvalue weighted by molar-refractivity contribution is 7.89. The van der Waals surface area contributed by atoms with Gasteiger partial charge in [0.05, 0.1) is 10.6 Å². The smallest absolute Gasteiger partial charge is 0.240 e. The Morgan fingerprint density at radius 3 is 2.32 bits per heavy atom. The van der Waals surface area contributed by atoms with Crippen molar-refractivity contribution in [1.82, 2.24) is 4.72 Å². The molecule has 22 heavy (non-hydrogen) atoms. The summed E-state index contributed by atoms with van der Waals surface area (Å²) in [4.78, 5) is 11.9. The summed E-state index contributed by atoms with van der Waals surface area (Å²) in [5, 5.41) is 12.0. The molecule has 2 aromatic rings. The zero-order chi connectivity index (χ0) is 16.0. The molecular weight excluding hydrogens is 304 g/mol. The van der Waals surface area contributed by atoms with Gasteiger partial charge in [-0.3, -0.25) is 4.79 Å². The topological polar surface area (TPSA) is 95.5 Å². The van der Waals surface area contributed by atoms with E-state index in [0.29, 0.717) is 5.69 Å². The summed E-state index contributed by atoms with van der Waals surface area (Å²) in [6.07, 6.45) is -0.0413. The third-order valence-electron chi connectivity index (χ3n) is 2.88. The van der Waals surface area contributed by atoms with Crippen molar-refractivity contribution in [2.24, 2.45) is 0 Å². The molecule has 2 rings (SSSR count). The number of nitrogens with one attached hydrogen (secondary N) is 2. The van der Waals surface area contributed by atoms with Crippen LogP contribution in [0.15, 0.2) is 59.5 Å². The first-order valence-electron chi connectivity index (χ1n) is 6.61. The van der Waals surface area contributed by atoms with E-state index < -0.39 is 15.9 Å². The van der Waals surface area contributed by atoms with Crippen LogP contribution in [-0.2, 0) is 14.8 Å². The van der Waals surface area contributed by atoms with Crippen molar-refractivity contribution in [2.45, 2.75) is 11.3 Å². The number of phenols is 1. The number of hydrogen-bond acceptors (Lipinski definition) is 4. The maximum absolute atomic E-state index is 11.9. The number of carbonyl (C=O) groups is 1. The number of carbonyl (C=O) groups excluding carboxylic acids is 1. The summed E-state index contributed by atoms with van der Waals surface area (Å²) in [5.74, 6) is -0.432. The zero-order valence-electron chi connectivity index (χ0n) is 11.7. The number of para-hydroxylation sites is 2. The predicted molar refractivity (Wildman–Crippen MR) is 83.0 cm³/mol. The molecule has 3 N–H and O–H groups in total. The molecule has 0 aliphatic heterocycles. The lowest BCUT2D eigenvalue weighted by Crippen LogP contribution is -2.27. The van der Waals surface area contributed by atoms with E-state index in [1.54, 1.807) is 36.4 Å². The summed E-state index contributed by atoms with van der Waals surface area (Å²) in [7, 11) is -3.62. The Kier molecular flexibility index (Phi) is 5.13. The van der Waals surface area contributed by atoms with E-state index in [2.05, 4.69) is 10.0 Å². The minimum atomic E-state index is -3.62. The zero-order valence-corrected chi connectivity index (χ0v) is 12.5. The van der Waals surface area contributed by atoms with Crippen molar-refractivity contribution < 1.29 is 18.3 Å². The van der Waals surface area contributed by atoms with Crippen molar-refractivity contribution >= 4 is 21.6 Å². The molecule has 0 atom stereocenters. The van der Waals surface area contributed by atoms with Gasteiger partial charge in [0, 0.05) is 13.0 Å². The van der Waals surface area contributed by atoms with Crippen LogP contribution in [0.3, 0.4) is 0 Å². The average molecular weight is 320 g/mol. The molecule has 6 nitrogen and oxygen atoms in total. The van der Waals surface area contributed by atoms with E-state index in [9.17, 15) is 18.3 Å². The van der Waals surface area contributed by atoms with E-state index in [4.69, 9.17) is 0 Å². The van der Waals surface area contributed by atoms with Gasteiger partial charge in [-0.1, -0.05) is 30.3 Å². The van der Waals surface area contributed by atoms with Gasteiger partial charge in [0.15, 0.2) is 0 Å². The van der Waals surface area contributed by atoms with Gasteiger partial charge in [-0.15, -0.1) is 0 Å². The van der Waals surface area contributed by atoms with Crippen molar-refractivity contribution in [3.05, 3.63) is 54.6 Å². The van der Waals surface area contributed by atoms with Crippen molar-refractivity contribution in [3.63, 3.8) is 0 Å². The molecule has 0 spiro atoms. The van der Waals surface area contributed by atoms with Gasteiger partial charge in [-0.2, -0.15) is 0 Å². The summed E-state index contributed by atoms with van der Waals surface area (Å²) >= 11 is 0.